The largest absolute Gasteiger partial charge is 0.480 e. The molecule has 4 amide bonds. The predicted molar refractivity (Wildman–Crippen MR) is 135 cm³/mol. The van der Waals surface area contributed by atoms with Gasteiger partial charge in [0.15, 0.2) is 0 Å². The van der Waals surface area contributed by atoms with Gasteiger partial charge in [-0.1, -0.05) is 18.2 Å². The quantitative estimate of drug-likeness (QED) is 0.139. The molecule has 4 unspecified atom stereocenters. The molecule has 0 aliphatic carbocycles. The van der Waals surface area contributed by atoms with Gasteiger partial charge in [0.05, 0.1) is 12.5 Å². The first-order valence-corrected chi connectivity index (χ1v) is 11.8. The second-order valence-corrected chi connectivity index (χ2v) is 8.46. The summed E-state index contributed by atoms with van der Waals surface area (Å²) in [6.07, 6.45) is 1.01. The van der Waals surface area contributed by atoms with E-state index < -0.39 is 60.2 Å². The number of carbonyl (C=O) groups is 5. The third-order valence-electron chi connectivity index (χ3n) is 5.10. The van der Waals surface area contributed by atoms with Crippen LogP contribution < -0.4 is 27.4 Å². The molecule has 0 saturated carbocycles. The molecule has 0 fully saturated rings. The maximum Gasteiger partial charge on any atom is 0.326 e. The minimum atomic E-state index is -1.59. The zero-order valence-corrected chi connectivity index (χ0v) is 20.4. The van der Waals surface area contributed by atoms with E-state index >= 15 is 0 Å². The maximum atomic E-state index is 13.0. The molecule has 35 heavy (non-hydrogen) atoms. The lowest BCUT2D eigenvalue weighted by atomic mass is 10.0. The van der Waals surface area contributed by atoms with Gasteiger partial charge in [-0.3, -0.25) is 19.2 Å². The second-order valence-electron chi connectivity index (χ2n) is 7.73. The Morgan fingerprint density at radius 1 is 0.914 bits per heavy atom. The number of amides is 4. The first kappa shape index (κ1) is 28.0. The van der Waals surface area contributed by atoms with Crippen LogP contribution in [-0.2, 0) is 30.4 Å². The molecule has 1 aromatic carbocycles. The van der Waals surface area contributed by atoms with Crippen molar-refractivity contribution in [1.82, 2.24) is 20.9 Å². The van der Waals surface area contributed by atoms with E-state index in [9.17, 15) is 29.1 Å². The number of benzene rings is 1. The van der Waals surface area contributed by atoms with Gasteiger partial charge >= 0.3 is 5.97 Å². The third-order valence-corrected chi connectivity index (χ3v) is 5.86. The van der Waals surface area contributed by atoms with Crippen molar-refractivity contribution in [2.45, 2.75) is 37.0 Å². The number of hydrogen-bond acceptors (Lipinski definition) is 8. The zero-order valence-electron chi connectivity index (χ0n) is 18.6. The summed E-state index contributed by atoms with van der Waals surface area (Å²) in [7, 11) is 0. The van der Waals surface area contributed by atoms with Gasteiger partial charge in [-0.25, -0.2) is 4.79 Å². The lowest BCUT2D eigenvalue weighted by molar-refractivity contribution is -0.143. The molecule has 0 saturated heterocycles. The molecule has 0 aliphatic heterocycles. The summed E-state index contributed by atoms with van der Waals surface area (Å²) in [5, 5.41) is 17.4. The standard InChI is InChI=1S/C21H28N6O6S2/c22-12(8-34)18(29)27-16(9-35)20(31)25-14(19(30)26-15(21(32)33)6-17(23)28)5-10-7-24-13-4-2-1-3-11(10)13/h1-4,7,12,14-16,24,34-35H,5-6,8-9,22H2,(H2,23,28)(H,25,31)(H,26,30)(H,27,29)(H,32,33). The fourth-order valence-corrected chi connectivity index (χ4v) is 3.65. The van der Waals surface area contributed by atoms with Crippen molar-refractivity contribution < 1.29 is 29.1 Å². The van der Waals surface area contributed by atoms with Crippen LogP contribution in [0, 0.1) is 0 Å². The van der Waals surface area contributed by atoms with E-state index in [1.165, 1.54) is 0 Å². The highest BCUT2D eigenvalue weighted by molar-refractivity contribution is 7.80. The molecule has 0 radical (unpaired) electrons. The summed E-state index contributed by atoms with van der Waals surface area (Å²) in [5.41, 5.74) is 12.2. The zero-order chi connectivity index (χ0) is 26.1. The number of nitrogens with two attached hydrogens (primary N) is 2. The van der Waals surface area contributed by atoms with Gasteiger partial charge in [-0.15, -0.1) is 0 Å². The lowest BCUT2D eigenvalue weighted by Crippen LogP contribution is -2.58. The number of aromatic nitrogens is 1. The average molecular weight is 525 g/mol. The summed E-state index contributed by atoms with van der Waals surface area (Å²) >= 11 is 8.04. The van der Waals surface area contributed by atoms with Crippen LogP contribution in [0.5, 0.6) is 0 Å². The number of nitrogens with one attached hydrogen (secondary N) is 4. The molecule has 0 spiro atoms. The van der Waals surface area contributed by atoms with Crippen LogP contribution >= 0.6 is 25.3 Å². The molecule has 14 heteroatoms. The number of fused-ring (bicyclic) bond motifs is 1. The number of carboxylic acid groups (broad SMARTS) is 1. The highest BCUT2D eigenvalue weighted by Gasteiger charge is 2.31. The normalized spacial score (nSPS) is 14.4. The smallest absolute Gasteiger partial charge is 0.326 e. The summed E-state index contributed by atoms with van der Waals surface area (Å²) in [6.45, 7) is 0. The average Bonchev–Trinajstić information content (AvgIpc) is 3.23. The number of primary amides is 1. The van der Waals surface area contributed by atoms with E-state index in [0.29, 0.717) is 5.56 Å². The molecule has 2 rings (SSSR count). The summed E-state index contributed by atoms with van der Waals surface area (Å²) in [4.78, 5) is 63.8. The van der Waals surface area contributed by atoms with Crippen molar-refractivity contribution in [2.24, 2.45) is 11.5 Å². The Bertz CT molecular complexity index is 1090. The fourth-order valence-electron chi connectivity index (χ4n) is 3.23. The fraction of sp³-hybridized carbons (Fsp3) is 0.381. The van der Waals surface area contributed by atoms with Crippen LogP contribution in [0.15, 0.2) is 30.5 Å². The summed E-state index contributed by atoms with van der Waals surface area (Å²) in [6, 6.07) is 2.35. The topological polar surface area (TPSA) is 209 Å². The number of H-pyrrole nitrogens is 1. The van der Waals surface area contributed by atoms with Crippen LogP contribution in [0.1, 0.15) is 12.0 Å². The van der Waals surface area contributed by atoms with E-state index in [-0.39, 0.29) is 17.9 Å². The molecule has 1 aromatic heterocycles. The Balaban J connectivity index is 2.28. The van der Waals surface area contributed by atoms with Crippen molar-refractivity contribution in [3.63, 3.8) is 0 Å². The Labute approximate surface area is 211 Å². The Hall–Kier alpha value is -3.23. The molecule has 9 N–H and O–H groups in total. The molecule has 0 bridgehead atoms. The molecule has 190 valence electrons. The Morgan fingerprint density at radius 3 is 2.11 bits per heavy atom. The highest BCUT2D eigenvalue weighted by atomic mass is 32.1. The van der Waals surface area contributed by atoms with Gasteiger partial charge in [0.1, 0.15) is 18.1 Å². The van der Waals surface area contributed by atoms with Crippen molar-refractivity contribution in [2.75, 3.05) is 11.5 Å². The van der Waals surface area contributed by atoms with Gasteiger partial charge in [0, 0.05) is 35.0 Å². The Kier molecular flexibility index (Phi) is 10.4. The number of carboxylic acids is 1. The van der Waals surface area contributed by atoms with Gasteiger partial charge in [-0.05, 0) is 11.6 Å². The van der Waals surface area contributed by atoms with E-state index in [4.69, 9.17) is 11.5 Å². The number of carbonyl (C=O) groups excluding carboxylic acids is 4. The van der Waals surface area contributed by atoms with Gasteiger partial charge in [0.25, 0.3) is 0 Å². The number of para-hydroxylation sites is 1. The van der Waals surface area contributed by atoms with Gasteiger partial charge in [-0.2, -0.15) is 25.3 Å². The van der Waals surface area contributed by atoms with Crippen LogP contribution in [0.25, 0.3) is 10.9 Å². The number of aliphatic carboxylic acids is 1. The second kappa shape index (κ2) is 13.0. The maximum absolute atomic E-state index is 13.0. The minimum Gasteiger partial charge on any atom is -0.480 e. The SMILES string of the molecule is NC(=O)CC(NC(=O)C(Cc1c[nH]c2ccccc12)NC(=O)C(CS)NC(=O)C(N)CS)C(=O)O. The first-order chi connectivity index (χ1) is 16.6. The predicted octanol–water partition coefficient (Wildman–Crippen LogP) is -1.69. The monoisotopic (exact) mass is 524 g/mol. The van der Waals surface area contributed by atoms with Crippen LogP contribution in [0.3, 0.4) is 0 Å². The first-order valence-electron chi connectivity index (χ1n) is 10.5. The van der Waals surface area contributed by atoms with Crippen molar-refractivity contribution >= 4 is 65.8 Å². The number of thiol groups is 2. The molecule has 1 heterocycles. The van der Waals surface area contributed by atoms with Crippen molar-refractivity contribution in [3.8, 4) is 0 Å². The number of rotatable bonds is 13. The number of aromatic amines is 1. The van der Waals surface area contributed by atoms with Crippen molar-refractivity contribution in [1.29, 1.82) is 0 Å². The molecular formula is C21H28N6O6S2. The van der Waals surface area contributed by atoms with Gasteiger partial charge in [0.2, 0.25) is 23.6 Å². The van der Waals surface area contributed by atoms with Crippen LogP contribution in [-0.4, -0.2) is 75.4 Å². The molecular weight excluding hydrogens is 496 g/mol. The molecule has 0 aliphatic rings. The van der Waals surface area contributed by atoms with E-state index in [1.54, 1.807) is 12.3 Å². The highest BCUT2D eigenvalue weighted by Crippen LogP contribution is 2.19. The molecule has 12 nitrogen and oxygen atoms in total. The third kappa shape index (κ3) is 7.90. The molecule has 2 aromatic rings. The molecule has 4 atom stereocenters. The van der Waals surface area contributed by atoms with Gasteiger partial charge < -0.3 is 37.5 Å². The number of hydrogen-bond donors (Lipinski definition) is 9. The summed E-state index contributed by atoms with van der Waals surface area (Å²) < 4.78 is 0. The van der Waals surface area contributed by atoms with E-state index in [0.717, 1.165) is 10.9 Å². The van der Waals surface area contributed by atoms with Crippen LogP contribution in [0.2, 0.25) is 0 Å². The van der Waals surface area contributed by atoms with E-state index in [2.05, 4.69) is 46.2 Å². The summed E-state index contributed by atoms with van der Waals surface area (Å²) in [5.74, 6) is -4.65. The van der Waals surface area contributed by atoms with Crippen molar-refractivity contribution in [3.05, 3.63) is 36.0 Å². The Morgan fingerprint density at radius 2 is 1.51 bits per heavy atom. The van der Waals surface area contributed by atoms with E-state index in [1.807, 2.05) is 18.2 Å². The lowest BCUT2D eigenvalue weighted by Gasteiger charge is -2.24. The van der Waals surface area contributed by atoms with Crippen LogP contribution in [0.4, 0.5) is 0 Å². The minimum absolute atomic E-state index is 0.0200.